The highest BCUT2D eigenvalue weighted by atomic mass is 16.6. The van der Waals surface area contributed by atoms with Crippen LogP contribution in [0.4, 0.5) is 17.1 Å². The van der Waals surface area contributed by atoms with E-state index < -0.39 is 22.8 Å². The lowest BCUT2D eigenvalue weighted by Gasteiger charge is -2.35. The molecule has 8 nitrogen and oxygen atoms in total. The van der Waals surface area contributed by atoms with E-state index >= 15 is 0 Å². The lowest BCUT2D eigenvalue weighted by Crippen LogP contribution is -2.50. The van der Waals surface area contributed by atoms with Crippen molar-refractivity contribution in [1.82, 2.24) is 0 Å². The molecular weight excluding hydrogens is 362 g/mol. The molecule has 0 aliphatic carbocycles. The van der Waals surface area contributed by atoms with Crippen molar-refractivity contribution in [2.24, 2.45) is 5.92 Å². The Balaban J connectivity index is 1.92. The van der Waals surface area contributed by atoms with Gasteiger partial charge in [-0.3, -0.25) is 24.6 Å². The molecule has 0 aromatic heterocycles. The first kappa shape index (κ1) is 19.3. The van der Waals surface area contributed by atoms with Gasteiger partial charge in [0.05, 0.1) is 10.6 Å². The van der Waals surface area contributed by atoms with E-state index in [9.17, 15) is 19.7 Å². The Hall–Kier alpha value is -3.42. The molecule has 1 heterocycles. The maximum Gasteiger partial charge on any atom is 0.271 e. The van der Waals surface area contributed by atoms with E-state index in [0.717, 1.165) is 5.56 Å². The Morgan fingerprint density at radius 2 is 2.00 bits per heavy atom. The number of rotatable bonds is 5. The van der Waals surface area contributed by atoms with Gasteiger partial charge in [-0.15, -0.1) is 0 Å². The van der Waals surface area contributed by atoms with Crippen LogP contribution in [-0.4, -0.2) is 29.4 Å². The van der Waals surface area contributed by atoms with Gasteiger partial charge in [-0.2, -0.15) is 0 Å². The fraction of sp³-hybridized carbons (Fsp3) is 0.300. The molecule has 0 radical (unpaired) electrons. The summed E-state index contributed by atoms with van der Waals surface area (Å²) in [6.07, 6.45) is -0.764. The number of amides is 2. The van der Waals surface area contributed by atoms with Gasteiger partial charge in [0.2, 0.25) is 5.91 Å². The predicted molar refractivity (Wildman–Crippen MR) is 105 cm³/mol. The smallest absolute Gasteiger partial charge is 0.271 e. The first-order valence-electron chi connectivity index (χ1n) is 8.90. The number of fused-ring (bicyclic) bond motifs is 1. The van der Waals surface area contributed by atoms with E-state index in [1.165, 1.54) is 23.1 Å². The molecule has 1 atom stereocenters. The number of benzene rings is 2. The minimum Gasteiger partial charge on any atom is -0.478 e. The van der Waals surface area contributed by atoms with E-state index in [-0.39, 0.29) is 23.8 Å². The molecule has 1 aliphatic heterocycles. The molecule has 1 N–H and O–H groups in total. The second kappa shape index (κ2) is 7.67. The van der Waals surface area contributed by atoms with Crippen LogP contribution in [0.1, 0.15) is 19.4 Å². The van der Waals surface area contributed by atoms with E-state index in [0.29, 0.717) is 11.4 Å². The van der Waals surface area contributed by atoms with Crippen molar-refractivity contribution in [2.45, 2.75) is 26.9 Å². The lowest BCUT2D eigenvalue weighted by atomic mass is 10.0. The quantitative estimate of drug-likeness (QED) is 0.630. The highest BCUT2D eigenvalue weighted by molar-refractivity contribution is 6.06. The molecule has 0 fully saturated rings. The summed E-state index contributed by atoms with van der Waals surface area (Å²) in [7, 11) is 0. The van der Waals surface area contributed by atoms with E-state index in [1.54, 1.807) is 12.1 Å². The Bertz CT molecular complexity index is 941. The fourth-order valence-corrected chi connectivity index (χ4v) is 3.02. The number of para-hydroxylation sites is 1. The number of ether oxygens (including phenoxy) is 1. The number of non-ortho nitro benzene ring substituents is 1. The summed E-state index contributed by atoms with van der Waals surface area (Å²) in [6.45, 7) is 5.27. The molecule has 2 aromatic carbocycles. The van der Waals surface area contributed by atoms with Gasteiger partial charge >= 0.3 is 0 Å². The van der Waals surface area contributed by atoms with Crippen molar-refractivity contribution in [3.8, 4) is 5.75 Å². The highest BCUT2D eigenvalue weighted by Crippen LogP contribution is 2.38. The Kier molecular flexibility index (Phi) is 5.30. The topological polar surface area (TPSA) is 102 Å². The van der Waals surface area contributed by atoms with E-state index in [4.69, 9.17) is 4.74 Å². The van der Waals surface area contributed by atoms with Crippen LogP contribution in [0.2, 0.25) is 0 Å². The van der Waals surface area contributed by atoms with Crippen LogP contribution in [0.15, 0.2) is 42.5 Å². The summed E-state index contributed by atoms with van der Waals surface area (Å²) in [5.74, 6) is -0.585. The first-order valence-corrected chi connectivity index (χ1v) is 8.90. The van der Waals surface area contributed by atoms with Crippen LogP contribution in [0.25, 0.3) is 0 Å². The molecule has 0 spiro atoms. The highest BCUT2D eigenvalue weighted by Gasteiger charge is 2.38. The summed E-state index contributed by atoms with van der Waals surface area (Å²) in [5, 5.41) is 13.9. The summed E-state index contributed by atoms with van der Waals surface area (Å²) in [5.41, 5.74) is 1.58. The van der Waals surface area contributed by atoms with Gasteiger partial charge in [0.15, 0.2) is 6.10 Å². The van der Waals surface area contributed by atoms with Crippen LogP contribution in [0.5, 0.6) is 5.75 Å². The number of nitro benzene ring substituents is 1. The van der Waals surface area contributed by atoms with Crippen LogP contribution >= 0.6 is 0 Å². The number of aryl methyl sites for hydroxylation is 1. The molecule has 1 aliphatic rings. The number of carbonyl (C=O) groups is 2. The van der Waals surface area contributed by atoms with Gasteiger partial charge in [0, 0.05) is 17.8 Å². The van der Waals surface area contributed by atoms with Crippen LogP contribution < -0.4 is 15.0 Å². The lowest BCUT2D eigenvalue weighted by molar-refractivity contribution is -0.384. The van der Waals surface area contributed by atoms with Gasteiger partial charge in [0.25, 0.3) is 11.6 Å². The van der Waals surface area contributed by atoms with Gasteiger partial charge in [-0.25, -0.2) is 0 Å². The van der Waals surface area contributed by atoms with E-state index in [1.807, 2.05) is 32.9 Å². The van der Waals surface area contributed by atoms with Crippen LogP contribution in [0, 0.1) is 23.0 Å². The van der Waals surface area contributed by atoms with Crippen molar-refractivity contribution < 1.29 is 19.2 Å². The van der Waals surface area contributed by atoms with Crippen molar-refractivity contribution in [2.75, 3.05) is 16.8 Å². The van der Waals surface area contributed by atoms with Gasteiger partial charge in [-0.05, 0) is 30.5 Å². The summed E-state index contributed by atoms with van der Waals surface area (Å²) < 4.78 is 5.74. The standard InChI is InChI=1S/C20H21N3O5/c1-12(2)19-20(25)22(11-18(24)21-15-7-5-4-6-13(15)3)16-10-14(23(26)27)8-9-17(16)28-19/h4-10,12,19H,11H2,1-3H3,(H,21,24). The molecule has 2 amide bonds. The molecular formula is C20H21N3O5. The molecule has 0 saturated heterocycles. The Morgan fingerprint density at radius 3 is 2.64 bits per heavy atom. The number of hydrogen-bond donors (Lipinski definition) is 1. The number of nitrogens with zero attached hydrogens (tertiary/aromatic N) is 2. The summed E-state index contributed by atoms with van der Waals surface area (Å²) >= 11 is 0. The minimum atomic E-state index is -0.764. The molecule has 146 valence electrons. The van der Waals surface area contributed by atoms with Crippen molar-refractivity contribution in [3.63, 3.8) is 0 Å². The molecule has 1 unspecified atom stereocenters. The van der Waals surface area contributed by atoms with Crippen LogP contribution in [0.3, 0.4) is 0 Å². The fourth-order valence-electron chi connectivity index (χ4n) is 3.02. The number of anilines is 2. The van der Waals surface area contributed by atoms with Crippen molar-refractivity contribution >= 4 is 28.9 Å². The molecule has 2 aromatic rings. The van der Waals surface area contributed by atoms with Crippen LogP contribution in [-0.2, 0) is 9.59 Å². The maximum absolute atomic E-state index is 12.9. The zero-order valence-corrected chi connectivity index (χ0v) is 15.8. The molecule has 28 heavy (non-hydrogen) atoms. The SMILES string of the molecule is Cc1ccccc1NC(=O)CN1C(=O)C(C(C)C)Oc2ccc([N+](=O)[O-])cc21. The zero-order chi connectivity index (χ0) is 20.4. The molecule has 3 rings (SSSR count). The third-order valence-electron chi connectivity index (χ3n) is 4.53. The predicted octanol–water partition coefficient (Wildman–Crippen LogP) is 3.29. The van der Waals surface area contributed by atoms with Gasteiger partial charge < -0.3 is 10.1 Å². The number of nitrogens with one attached hydrogen (secondary N) is 1. The summed E-state index contributed by atoms with van der Waals surface area (Å²) in [4.78, 5) is 37.4. The normalized spacial score (nSPS) is 15.8. The molecule has 0 bridgehead atoms. The Labute approximate surface area is 162 Å². The summed E-state index contributed by atoms with van der Waals surface area (Å²) in [6, 6.07) is 11.3. The number of carbonyl (C=O) groups excluding carboxylic acids is 2. The average Bonchev–Trinajstić information content (AvgIpc) is 2.65. The number of hydrogen-bond acceptors (Lipinski definition) is 5. The monoisotopic (exact) mass is 383 g/mol. The third kappa shape index (κ3) is 3.80. The minimum absolute atomic E-state index is 0.127. The van der Waals surface area contributed by atoms with Crippen molar-refractivity contribution in [1.29, 1.82) is 0 Å². The number of nitro groups is 1. The van der Waals surface area contributed by atoms with Gasteiger partial charge in [-0.1, -0.05) is 32.0 Å². The first-order chi connectivity index (χ1) is 13.3. The van der Waals surface area contributed by atoms with E-state index in [2.05, 4.69) is 5.32 Å². The maximum atomic E-state index is 12.9. The Morgan fingerprint density at radius 1 is 1.29 bits per heavy atom. The largest absolute Gasteiger partial charge is 0.478 e. The average molecular weight is 383 g/mol. The zero-order valence-electron chi connectivity index (χ0n) is 15.8. The van der Waals surface area contributed by atoms with Gasteiger partial charge in [0.1, 0.15) is 12.3 Å². The third-order valence-corrected chi connectivity index (χ3v) is 4.53. The van der Waals surface area contributed by atoms with Crippen molar-refractivity contribution in [3.05, 3.63) is 58.1 Å². The molecule has 0 saturated carbocycles. The second-order valence-electron chi connectivity index (χ2n) is 6.98. The second-order valence-corrected chi connectivity index (χ2v) is 6.98. The molecule has 8 heteroatoms.